The van der Waals surface area contributed by atoms with Crippen molar-refractivity contribution in [1.82, 2.24) is 0 Å². The Labute approximate surface area is 138 Å². The summed E-state index contributed by atoms with van der Waals surface area (Å²) in [6.07, 6.45) is -1.55. The van der Waals surface area contributed by atoms with Crippen molar-refractivity contribution in [2.45, 2.75) is 11.7 Å². The van der Waals surface area contributed by atoms with E-state index >= 15 is 0 Å². The van der Waals surface area contributed by atoms with Crippen LogP contribution < -0.4 is 4.74 Å². The minimum Gasteiger partial charge on any atom is -0.478 e. The molecule has 1 aliphatic rings. The van der Waals surface area contributed by atoms with E-state index < -0.39 is 23.5 Å². The highest BCUT2D eigenvalue weighted by Gasteiger charge is 2.57. The molecule has 2 aromatic rings. The maximum atomic E-state index is 13.7. The Balaban J connectivity index is 2.25. The van der Waals surface area contributed by atoms with Gasteiger partial charge >= 0.3 is 5.97 Å². The molecule has 0 aromatic heterocycles. The van der Waals surface area contributed by atoms with Crippen LogP contribution in [0.5, 0.6) is 5.75 Å². The zero-order valence-electron chi connectivity index (χ0n) is 10.9. The second kappa shape index (κ2) is 5.22. The number of benzene rings is 2. The first kappa shape index (κ1) is 15.3. The Morgan fingerprint density at radius 1 is 1.36 bits per heavy atom. The lowest BCUT2D eigenvalue weighted by Gasteiger charge is -2.27. The van der Waals surface area contributed by atoms with Crippen molar-refractivity contribution in [3.05, 3.63) is 62.8 Å². The highest BCUT2D eigenvalue weighted by Crippen LogP contribution is 2.53. The zero-order valence-corrected chi connectivity index (χ0v) is 13.2. The highest BCUT2D eigenvalue weighted by molar-refractivity contribution is 9.10. The van der Waals surface area contributed by atoms with Gasteiger partial charge in [-0.1, -0.05) is 41.9 Å². The molecular formula is C15H9BrClFO4. The molecule has 114 valence electrons. The van der Waals surface area contributed by atoms with Gasteiger partial charge in [0.2, 0.25) is 0 Å². The minimum atomic E-state index is -2.05. The second-order valence-electron chi connectivity index (χ2n) is 4.81. The Kier molecular flexibility index (Phi) is 3.63. The number of aliphatic hydroxyl groups is 1. The van der Waals surface area contributed by atoms with Crippen LogP contribution in [0.3, 0.4) is 0 Å². The maximum Gasteiger partial charge on any atom is 0.356 e. The van der Waals surface area contributed by atoms with E-state index in [1.54, 1.807) is 18.2 Å². The molecule has 0 radical (unpaired) electrons. The summed E-state index contributed by atoms with van der Waals surface area (Å²) in [6, 6.07) is 8.98. The summed E-state index contributed by atoms with van der Waals surface area (Å²) in [5.41, 5.74) is -1.70. The van der Waals surface area contributed by atoms with E-state index in [4.69, 9.17) is 16.3 Å². The van der Waals surface area contributed by atoms with Crippen molar-refractivity contribution in [1.29, 1.82) is 0 Å². The summed E-state index contributed by atoms with van der Waals surface area (Å²) in [7, 11) is 0. The highest BCUT2D eigenvalue weighted by atomic mass is 79.9. The van der Waals surface area contributed by atoms with Gasteiger partial charge in [-0.3, -0.25) is 0 Å². The Morgan fingerprint density at radius 2 is 2.00 bits per heavy atom. The number of rotatable bonds is 2. The fourth-order valence-corrected chi connectivity index (χ4v) is 3.30. The number of fused-ring (bicyclic) bond motifs is 1. The molecule has 0 saturated heterocycles. The van der Waals surface area contributed by atoms with Gasteiger partial charge in [0.15, 0.2) is 0 Å². The number of carboxylic acid groups (broad SMARTS) is 1. The molecule has 0 fully saturated rings. The predicted octanol–water partition coefficient (Wildman–Crippen LogP) is 3.65. The van der Waals surface area contributed by atoms with E-state index in [1.807, 2.05) is 0 Å². The first-order valence-corrected chi connectivity index (χ1v) is 7.40. The summed E-state index contributed by atoms with van der Waals surface area (Å²) >= 11 is 8.90. The molecule has 0 amide bonds. The third kappa shape index (κ3) is 1.95. The number of ether oxygens (including phenoxy) is 1. The standard InChI is InChI=1S/C15H9BrClFO4/c16-11-10-9(6-8(18)12(11)17)22-15(13(10)19,14(20)21)7-4-2-1-3-5-7/h1-6,13,19H,(H,20,21)/t13-,15+/m0/s1. The Hall–Kier alpha value is -1.63. The third-order valence-corrected chi connectivity index (χ3v) is 5.03. The average Bonchev–Trinajstić information content (AvgIpc) is 2.79. The van der Waals surface area contributed by atoms with Crippen molar-refractivity contribution >= 4 is 33.5 Å². The molecule has 0 unspecified atom stereocenters. The van der Waals surface area contributed by atoms with Crippen LogP contribution in [0.25, 0.3) is 0 Å². The topological polar surface area (TPSA) is 66.8 Å². The molecule has 0 aliphatic carbocycles. The molecule has 0 bridgehead atoms. The fourth-order valence-electron chi connectivity index (χ4n) is 2.55. The predicted molar refractivity (Wildman–Crippen MR) is 80.5 cm³/mol. The normalized spacial score (nSPS) is 23.0. The van der Waals surface area contributed by atoms with Crippen LogP contribution >= 0.6 is 27.5 Å². The average molecular weight is 388 g/mol. The van der Waals surface area contributed by atoms with E-state index in [1.165, 1.54) is 12.1 Å². The molecule has 3 rings (SSSR count). The van der Waals surface area contributed by atoms with Crippen LogP contribution in [0.1, 0.15) is 17.2 Å². The lowest BCUT2D eigenvalue weighted by Crippen LogP contribution is -2.43. The van der Waals surface area contributed by atoms with Crippen molar-refractivity contribution in [3.63, 3.8) is 0 Å². The van der Waals surface area contributed by atoms with Gasteiger partial charge < -0.3 is 14.9 Å². The molecule has 4 nitrogen and oxygen atoms in total. The van der Waals surface area contributed by atoms with Crippen LogP contribution in [-0.4, -0.2) is 16.2 Å². The summed E-state index contributed by atoms with van der Waals surface area (Å²) in [5, 5.41) is 20.0. The van der Waals surface area contributed by atoms with Crippen LogP contribution in [0.2, 0.25) is 5.02 Å². The smallest absolute Gasteiger partial charge is 0.356 e. The monoisotopic (exact) mass is 386 g/mol. The first-order valence-electron chi connectivity index (χ1n) is 6.23. The summed E-state index contributed by atoms with van der Waals surface area (Å²) in [4.78, 5) is 11.9. The van der Waals surface area contributed by atoms with Gasteiger partial charge in [0.25, 0.3) is 5.60 Å². The van der Waals surface area contributed by atoms with Gasteiger partial charge in [0.1, 0.15) is 17.7 Å². The van der Waals surface area contributed by atoms with Crippen molar-refractivity contribution < 1.29 is 24.1 Å². The van der Waals surface area contributed by atoms with E-state index in [-0.39, 0.29) is 26.4 Å². The molecule has 2 N–H and O–H groups in total. The van der Waals surface area contributed by atoms with Gasteiger partial charge in [0, 0.05) is 21.7 Å². The first-order chi connectivity index (χ1) is 10.4. The van der Waals surface area contributed by atoms with E-state index in [0.29, 0.717) is 0 Å². The quantitative estimate of drug-likeness (QED) is 0.772. The number of hydrogen-bond acceptors (Lipinski definition) is 3. The van der Waals surface area contributed by atoms with Crippen molar-refractivity contribution in [3.8, 4) is 5.75 Å². The molecule has 1 aliphatic heterocycles. The Bertz CT molecular complexity index is 768. The largest absolute Gasteiger partial charge is 0.478 e. The van der Waals surface area contributed by atoms with Crippen LogP contribution in [-0.2, 0) is 10.4 Å². The van der Waals surface area contributed by atoms with Crippen LogP contribution in [0.15, 0.2) is 40.9 Å². The molecule has 0 saturated carbocycles. The van der Waals surface area contributed by atoms with Crippen LogP contribution in [0.4, 0.5) is 4.39 Å². The SMILES string of the molecule is O=C(O)[C@]1(c2ccccc2)Oc2cc(F)c(Cl)c(Br)c2[C@@H]1O. The summed E-state index contributed by atoms with van der Waals surface area (Å²) in [6.45, 7) is 0. The second-order valence-corrected chi connectivity index (χ2v) is 5.98. The van der Waals surface area contributed by atoms with Crippen molar-refractivity contribution in [2.24, 2.45) is 0 Å². The van der Waals surface area contributed by atoms with E-state index in [9.17, 15) is 19.4 Å². The third-order valence-electron chi connectivity index (χ3n) is 3.61. The number of aliphatic hydroxyl groups excluding tert-OH is 1. The number of carboxylic acids is 1. The van der Waals surface area contributed by atoms with Gasteiger partial charge in [0.05, 0.1) is 5.02 Å². The molecular weight excluding hydrogens is 379 g/mol. The lowest BCUT2D eigenvalue weighted by atomic mass is 9.86. The summed E-state index contributed by atoms with van der Waals surface area (Å²) < 4.78 is 19.3. The number of halogens is 3. The zero-order chi connectivity index (χ0) is 16.1. The minimum absolute atomic E-state index is 0.0625. The van der Waals surface area contributed by atoms with Crippen molar-refractivity contribution in [2.75, 3.05) is 0 Å². The number of hydrogen-bond donors (Lipinski definition) is 2. The molecule has 0 spiro atoms. The van der Waals surface area contributed by atoms with Gasteiger partial charge in [-0.25, -0.2) is 9.18 Å². The van der Waals surface area contributed by atoms with Gasteiger partial charge in [-0.15, -0.1) is 0 Å². The molecule has 2 atom stereocenters. The Morgan fingerprint density at radius 3 is 2.59 bits per heavy atom. The van der Waals surface area contributed by atoms with Gasteiger partial charge in [-0.05, 0) is 15.9 Å². The molecule has 1 heterocycles. The molecule has 7 heteroatoms. The fraction of sp³-hybridized carbons (Fsp3) is 0.133. The molecule has 2 aromatic carbocycles. The number of aliphatic carboxylic acids is 1. The van der Waals surface area contributed by atoms with Gasteiger partial charge in [-0.2, -0.15) is 0 Å². The van der Waals surface area contributed by atoms with Crippen LogP contribution in [0, 0.1) is 5.82 Å². The summed E-state index contributed by atoms with van der Waals surface area (Å²) in [5.74, 6) is -2.22. The number of carbonyl (C=O) groups is 1. The maximum absolute atomic E-state index is 13.7. The lowest BCUT2D eigenvalue weighted by molar-refractivity contribution is -0.164. The van der Waals surface area contributed by atoms with E-state index in [0.717, 1.165) is 6.07 Å². The molecule has 22 heavy (non-hydrogen) atoms. The van der Waals surface area contributed by atoms with E-state index in [2.05, 4.69) is 15.9 Å².